The molecule has 0 saturated carbocycles. The molecule has 0 heterocycles. The number of hydrogen-bond acceptors (Lipinski definition) is 4. The zero-order valence-corrected chi connectivity index (χ0v) is 11.3. The number of benzene rings is 1. The molecule has 0 aliphatic heterocycles. The molecule has 0 bridgehead atoms. The first kappa shape index (κ1) is 14.6. The molecule has 1 atom stereocenters. The Bertz CT molecular complexity index is 464. The summed E-state index contributed by atoms with van der Waals surface area (Å²) in [5, 5.41) is 22.5. The third kappa shape index (κ3) is 3.78. The van der Waals surface area contributed by atoms with E-state index in [1.54, 1.807) is 6.92 Å². The van der Waals surface area contributed by atoms with Crippen LogP contribution in [-0.4, -0.2) is 28.6 Å². The van der Waals surface area contributed by atoms with Gasteiger partial charge in [-0.15, -0.1) is 0 Å². The molecule has 1 unspecified atom stereocenters. The highest BCUT2D eigenvalue weighted by atomic mass is 79.9. The van der Waals surface area contributed by atoms with Crippen molar-refractivity contribution < 1.29 is 14.8 Å². The minimum Gasteiger partial charge on any atom is -0.391 e. The van der Waals surface area contributed by atoms with Crippen molar-refractivity contribution in [1.29, 1.82) is 0 Å². The summed E-state index contributed by atoms with van der Waals surface area (Å²) in [6, 6.07) is 3.95. The number of carbonyl (C=O) groups excluding carboxylic acids is 1. The van der Waals surface area contributed by atoms with E-state index in [0.29, 0.717) is 10.9 Å². The SMILES string of the molecule is CCC(O)CNC(=O)c1cc([N+](=O)[O-])ccc1Br. The van der Waals surface area contributed by atoms with Crippen molar-refractivity contribution in [2.45, 2.75) is 19.4 Å². The van der Waals surface area contributed by atoms with E-state index in [1.165, 1.54) is 18.2 Å². The molecule has 98 valence electrons. The lowest BCUT2D eigenvalue weighted by Gasteiger charge is -2.10. The number of nitrogens with zero attached hydrogens (tertiary/aromatic N) is 1. The molecule has 1 aromatic rings. The maximum atomic E-state index is 11.8. The maximum Gasteiger partial charge on any atom is 0.270 e. The number of amides is 1. The number of nitro benzene ring substituents is 1. The number of aliphatic hydroxyl groups excluding tert-OH is 1. The summed E-state index contributed by atoms with van der Waals surface area (Å²) in [6.07, 6.45) is -0.0949. The van der Waals surface area contributed by atoms with Crippen LogP contribution in [0.15, 0.2) is 22.7 Å². The molecular formula is C11H13BrN2O4. The number of carbonyl (C=O) groups is 1. The molecule has 1 rings (SSSR count). The summed E-state index contributed by atoms with van der Waals surface area (Å²) in [6.45, 7) is 1.91. The third-order valence-electron chi connectivity index (χ3n) is 2.37. The predicted molar refractivity (Wildman–Crippen MR) is 69.4 cm³/mol. The van der Waals surface area contributed by atoms with Gasteiger partial charge < -0.3 is 10.4 Å². The lowest BCUT2D eigenvalue weighted by atomic mass is 10.2. The van der Waals surface area contributed by atoms with Crippen LogP contribution in [0, 0.1) is 10.1 Å². The molecule has 0 aliphatic rings. The summed E-state index contributed by atoms with van der Waals surface area (Å²) in [5.74, 6) is -0.460. The lowest BCUT2D eigenvalue weighted by Crippen LogP contribution is -2.31. The predicted octanol–water partition coefficient (Wildman–Crippen LogP) is 1.86. The van der Waals surface area contributed by atoms with Gasteiger partial charge in [-0.25, -0.2) is 0 Å². The van der Waals surface area contributed by atoms with Crippen LogP contribution in [0.2, 0.25) is 0 Å². The topological polar surface area (TPSA) is 92.5 Å². The van der Waals surface area contributed by atoms with Crippen molar-refractivity contribution in [2.24, 2.45) is 0 Å². The summed E-state index contributed by atoms with van der Waals surface area (Å²) >= 11 is 3.16. The Morgan fingerprint density at radius 2 is 2.28 bits per heavy atom. The number of non-ortho nitro benzene ring substituents is 1. The van der Waals surface area contributed by atoms with Gasteiger partial charge in [0.1, 0.15) is 0 Å². The molecule has 6 nitrogen and oxygen atoms in total. The van der Waals surface area contributed by atoms with Crippen molar-refractivity contribution in [3.05, 3.63) is 38.3 Å². The Morgan fingerprint density at radius 3 is 2.83 bits per heavy atom. The van der Waals surface area contributed by atoms with Gasteiger partial charge in [0, 0.05) is 23.2 Å². The molecule has 2 N–H and O–H groups in total. The molecule has 0 radical (unpaired) electrons. The number of rotatable bonds is 5. The summed E-state index contributed by atoms with van der Waals surface area (Å²) in [4.78, 5) is 21.8. The van der Waals surface area contributed by atoms with E-state index in [4.69, 9.17) is 0 Å². The number of nitro groups is 1. The van der Waals surface area contributed by atoms with Gasteiger partial charge in [-0.2, -0.15) is 0 Å². The first-order valence-electron chi connectivity index (χ1n) is 5.36. The smallest absolute Gasteiger partial charge is 0.270 e. The van der Waals surface area contributed by atoms with Gasteiger partial charge in [0.15, 0.2) is 0 Å². The molecule has 0 fully saturated rings. The van der Waals surface area contributed by atoms with Gasteiger partial charge in [0.2, 0.25) is 0 Å². The van der Waals surface area contributed by atoms with Gasteiger partial charge in [0.05, 0.1) is 16.6 Å². The average Bonchev–Trinajstić information content (AvgIpc) is 2.35. The van der Waals surface area contributed by atoms with E-state index in [2.05, 4.69) is 21.2 Å². The summed E-state index contributed by atoms with van der Waals surface area (Å²) < 4.78 is 0.469. The Kier molecular flexibility index (Phi) is 5.24. The van der Waals surface area contributed by atoms with E-state index in [0.717, 1.165) is 0 Å². The number of aliphatic hydroxyl groups is 1. The fourth-order valence-electron chi connectivity index (χ4n) is 1.25. The van der Waals surface area contributed by atoms with Crippen molar-refractivity contribution in [1.82, 2.24) is 5.32 Å². The Labute approximate surface area is 112 Å². The van der Waals surface area contributed by atoms with Crippen molar-refractivity contribution in [3.63, 3.8) is 0 Å². The van der Waals surface area contributed by atoms with Crippen LogP contribution in [0.4, 0.5) is 5.69 Å². The number of halogens is 1. The molecular weight excluding hydrogens is 304 g/mol. The second kappa shape index (κ2) is 6.46. The summed E-state index contributed by atoms with van der Waals surface area (Å²) in [5.41, 5.74) is 0.0203. The molecule has 7 heteroatoms. The highest BCUT2D eigenvalue weighted by Crippen LogP contribution is 2.22. The average molecular weight is 317 g/mol. The molecule has 0 aliphatic carbocycles. The van der Waals surface area contributed by atoms with Crippen LogP contribution in [0.25, 0.3) is 0 Å². The molecule has 0 aromatic heterocycles. The van der Waals surface area contributed by atoms with Crippen LogP contribution in [0.1, 0.15) is 23.7 Å². The standard InChI is InChI=1S/C11H13BrN2O4/c1-2-8(15)6-13-11(16)9-5-7(14(17)18)3-4-10(9)12/h3-5,8,15H,2,6H2,1H3,(H,13,16). The van der Waals surface area contributed by atoms with Crippen LogP contribution in [-0.2, 0) is 0 Å². The van der Waals surface area contributed by atoms with Gasteiger partial charge in [0.25, 0.3) is 11.6 Å². The zero-order chi connectivity index (χ0) is 13.7. The fourth-order valence-corrected chi connectivity index (χ4v) is 1.68. The van der Waals surface area contributed by atoms with Gasteiger partial charge in [-0.3, -0.25) is 14.9 Å². The highest BCUT2D eigenvalue weighted by Gasteiger charge is 2.15. The van der Waals surface area contributed by atoms with Crippen LogP contribution in [0.3, 0.4) is 0 Å². The first-order valence-corrected chi connectivity index (χ1v) is 6.15. The third-order valence-corrected chi connectivity index (χ3v) is 3.07. The Balaban J connectivity index is 2.84. The van der Waals surface area contributed by atoms with Crippen LogP contribution < -0.4 is 5.32 Å². The van der Waals surface area contributed by atoms with Crippen LogP contribution >= 0.6 is 15.9 Å². The minimum atomic E-state index is -0.619. The second-order valence-corrected chi connectivity index (χ2v) is 4.55. The van der Waals surface area contributed by atoms with Crippen molar-refractivity contribution in [3.8, 4) is 0 Å². The van der Waals surface area contributed by atoms with E-state index >= 15 is 0 Å². The number of hydrogen-bond donors (Lipinski definition) is 2. The van der Waals surface area contributed by atoms with Gasteiger partial charge in [-0.1, -0.05) is 6.92 Å². The maximum absolute atomic E-state index is 11.8. The molecule has 1 amide bonds. The zero-order valence-electron chi connectivity index (χ0n) is 9.72. The lowest BCUT2D eigenvalue weighted by molar-refractivity contribution is -0.384. The Hall–Kier alpha value is -1.47. The number of nitrogens with one attached hydrogen (secondary N) is 1. The van der Waals surface area contributed by atoms with E-state index in [1.807, 2.05) is 0 Å². The minimum absolute atomic E-state index is 0.116. The second-order valence-electron chi connectivity index (χ2n) is 3.69. The van der Waals surface area contributed by atoms with Gasteiger partial charge in [-0.05, 0) is 28.4 Å². The molecule has 0 saturated heterocycles. The highest BCUT2D eigenvalue weighted by molar-refractivity contribution is 9.10. The van der Waals surface area contributed by atoms with Gasteiger partial charge >= 0.3 is 0 Å². The van der Waals surface area contributed by atoms with E-state index in [-0.39, 0.29) is 17.8 Å². The summed E-state index contributed by atoms with van der Waals surface area (Å²) in [7, 11) is 0. The molecule has 1 aromatic carbocycles. The molecule has 18 heavy (non-hydrogen) atoms. The van der Waals surface area contributed by atoms with E-state index < -0.39 is 16.9 Å². The normalized spacial score (nSPS) is 11.9. The molecule has 0 spiro atoms. The van der Waals surface area contributed by atoms with Crippen LogP contribution in [0.5, 0.6) is 0 Å². The van der Waals surface area contributed by atoms with Crippen molar-refractivity contribution >= 4 is 27.5 Å². The Morgan fingerprint density at radius 1 is 1.61 bits per heavy atom. The first-order chi connectivity index (χ1) is 8.45. The fraction of sp³-hybridized carbons (Fsp3) is 0.364. The largest absolute Gasteiger partial charge is 0.391 e. The monoisotopic (exact) mass is 316 g/mol. The van der Waals surface area contributed by atoms with Crippen molar-refractivity contribution in [2.75, 3.05) is 6.54 Å². The van der Waals surface area contributed by atoms with E-state index in [9.17, 15) is 20.0 Å². The quantitative estimate of drug-likeness (QED) is 0.640.